The van der Waals surface area contributed by atoms with E-state index in [2.05, 4.69) is 39.8 Å². The maximum absolute atomic E-state index is 6.03. The molecule has 0 aromatic heterocycles. The Morgan fingerprint density at radius 2 is 1.62 bits per heavy atom. The van der Waals surface area contributed by atoms with Crippen LogP contribution in [0, 0.1) is 13.8 Å². The number of rotatable bonds is 5. The van der Waals surface area contributed by atoms with Gasteiger partial charge in [-0.1, -0.05) is 26.0 Å². The van der Waals surface area contributed by atoms with Crippen molar-refractivity contribution in [2.75, 3.05) is 0 Å². The van der Waals surface area contributed by atoms with Gasteiger partial charge in [-0.2, -0.15) is 0 Å². The second-order valence-electron chi connectivity index (χ2n) is 4.32. The monoisotopic (exact) mass is 221 g/mol. The highest BCUT2D eigenvalue weighted by Crippen LogP contribution is 2.26. The van der Waals surface area contributed by atoms with Gasteiger partial charge in [0.05, 0.1) is 6.10 Å². The van der Waals surface area contributed by atoms with Crippen molar-refractivity contribution >= 4 is 0 Å². The summed E-state index contributed by atoms with van der Waals surface area (Å²) in [6, 6.07) is 4.23. The topological polar surface area (TPSA) is 35.2 Å². The van der Waals surface area contributed by atoms with E-state index >= 15 is 0 Å². The average molecular weight is 221 g/mol. The predicted octanol–water partition coefficient (Wildman–Crippen LogP) is 3.33. The molecule has 0 aliphatic carbocycles. The minimum absolute atomic E-state index is 0.320. The minimum atomic E-state index is 0.320. The summed E-state index contributed by atoms with van der Waals surface area (Å²) in [4.78, 5) is 0. The maximum atomic E-state index is 6.03. The van der Waals surface area contributed by atoms with Crippen LogP contribution in [-0.2, 0) is 6.54 Å². The quantitative estimate of drug-likeness (QED) is 0.827. The van der Waals surface area contributed by atoms with Crippen LogP contribution in [0.5, 0.6) is 5.75 Å². The molecule has 0 saturated carbocycles. The van der Waals surface area contributed by atoms with Crippen molar-refractivity contribution in [3.05, 3.63) is 28.8 Å². The summed E-state index contributed by atoms with van der Waals surface area (Å²) in [6.45, 7) is 9.08. The lowest BCUT2D eigenvalue weighted by Crippen LogP contribution is -2.15. The number of aryl methyl sites for hydroxylation is 2. The smallest absolute Gasteiger partial charge is 0.125 e. The number of hydrogen-bond donors (Lipinski definition) is 1. The molecular weight excluding hydrogens is 198 g/mol. The molecule has 90 valence electrons. The summed E-state index contributed by atoms with van der Waals surface area (Å²) in [7, 11) is 0. The molecule has 16 heavy (non-hydrogen) atoms. The van der Waals surface area contributed by atoms with E-state index in [-0.39, 0.29) is 0 Å². The van der Waals surface area contributed by atoms with Crippen LogP contribution in [-0.4, -0.2) is 6.10 Å². The second kappa shape index (κ2) is 5.90. The van der Waals surface area contributed by atoms with E-state index in [1.54, 1.807) is 0 Å². The van der Waals surface area contributed by atoms with E-state index in [1.807, 2.05) is 0 Å². The first-order valence-corrected chi connectivity index (χ1v) is 6.09. The van der Waals surface area contributed by atoms with Gasteiger partial charge in [0.25, 0.3) is 0 Å². The van der Waals surface area contributed by atoms with Gasteiger partial charge in [-0.25, -0.2) is 0 Å². The van der Waals surface area contributed by atoms with Gasteiger partial charge in [-0.15, -0.1) is 0 Å². The normalized spacial score (nSPS) is 10.9. The van der Waals surface area contributed by atoms with Crippen LogP contribution in [0.25, 0.3) is 0 Å². The molecule has 0 saturated heterocycles. The Kier molecular flexibility index (Phi) is 4.81. The van der Waals surface area contributed by atoms with Crippen molar-refractivity contribution in [3.8, 4) is 5.75 Å². The van der Waals surface area contributed by atoms with Crippen molar-refractivity contribution in [1.29, 1.82) is 0 Å². The Morgan fingerprint density at radius 1 is 1.12 bits per heavy atom. The Bertz CT molecular complexity index is 320. The molecule has 0 radical (unpaired) electrons. The highest BCUT2D eigenvalue weighted by molar-refractivity contribution is 5.43. The first-order chi connectivity index (χ1) is 7.62. The lowest BCUT2D eigenvalue weighted by atomic mass is 10.1. The molecule has 2 N–H and O–H groups in total. The predicted molar refractivity (Wildman–Crippen MR) is 68.8 cm³/mol. The maximum Gasteiger partial charge on any atom is 0.125 e. The third kappa shape index (κ3) is 2.99. The largest absolute Gasteiger partial charge is 0.490 e. The van der Waals surface area contributed by atoms with E-state index in [1.165, 1.54) is 16.7 Å². The van der Waals surface area contributed by atoms with Crippen molar-refractivity contribution in [3.63, 3.8) is 0 Å². The van der Waals surface area contributed by atoms with Crippen molar-refractivity contribution in [2.45, 2.75) is 53.2 Å². The molecule has 0 unspecified atom stereocenters. The Morgan fingerprint density at radius 3 is 2.00 bits per heavy atom. The van der Waals surface area contributed by atoms with Gasteiger partial charge in [-0.05, 0) is 43.4 Å². The van der Waals surface area contributed by atoms with E-state index in [9.17, 15) is 0 Å². The fourth-order valence-corrected chi connectivity index (χ4v) is 1.97. The lowest BCUT2D eigenvalue weighted by Gasteiger charge is -2.20. The van der Waals surface area contributed by atoms with Crippen LogP contribution in [0.3, 0.4) is 0 Å². The molecule has 1 rings (SSSR count). The standard InChI is InChI=1S/C14H23NO/c1-5-13(6-2)16-14-10(3)7-12(9-15)8-11(14)4/h7-8,13H,5-6,9,15H2,1-4H3. The van der Waals surface area contributed by atoms with E-state index in [4.69, 9.17) is 10.5 Å². The van der Waals surface area contributed by atoms with Crippen LogP contribution >= 0.6 is 0 Å². The van der Waals surface area contributed by atoms with Gasteiger partial charge < -0.3 is 10.5 Å². The molecule has 0 heterocycles. The fraction of sp³-hybridized carbons (Fsp3) is 0.571. The number of ether oxygens (including phenoxy) is 1. The molecule has 0 fully saturated rings. The summed E-state index contributed by atoms with van der Waals surface area (Å²) in [6.07, 6.45) is 2.42. The SMILES string of the molecule is CCC(CC)Oc1c(C)cc(CN)cc1C. The molecular formula is C14H23NO. The molecule has 0 atom stereocenters. The third-order valence-electron chi connectivity index (χ3n) is 2.95. The van der Waals surface area contributed by atoms with Gasteiger partial charge in [0, 0.05) is 6.54 Å². The first kappa shape index (κ1) is 13.0. The van der Waals surface area contributed by atoms with Crippen molar-refractivity contribution in [2.24, 2.45) is 5.73 Å². The second-order valence-corrected chi connectivity index (χ2v) is 4.32. The minimum Gasteiger partial charge on any atom is -0.490 e. The first-order valence-electron chi connectivity index (χ1n) is 6.09. The lowest BCUT2D eigenvalue weighted by molar-refractivity contribution is 0.190. The van der Waals surface area contributed by atoms with Gasteiger partial charge >= 0.3 is 0 Å². The van der Waals surface area contributed by atoms with E-state index < -0.39 is 0 Å². The summed E-state index contributed by atoms with van der Waals surface area (Å²) in [5.74, 6) is 1.03. The molecule has 1 aromatic rings. The van der Waals surface area contributed by atoms with Crippen LogP contribution in [0.1, 0.15) is 43.4 Å². The van der Waals surface area contributed by atoms with Gasteiger partial charge in [0.2, 0.25) is 0 Å². The zero-order chi connectivity index (χ0) is 12.1. The van der Waals surface area contributed by atoms with Gasteiger partial charge in [0.15, 0.2) is 0 Å². The third-order valence-corrected chi connectivity index (χ3v) is 2.95. The molecule has 1 aromatic carbocycles. The zero-order valence-electron chi connectivity index (χ0n) is 10.8. The highest BCUT2D eigenvalue weighted by atomic mass is 16.5. The molecule has 0 amide bonds. The van der Waals surface area contributed by atoms with Crippen molar-refractivity contribution in [1.82, 2.24) is 0 Å². The molecule has 0 aliphatic rings. The zero-order valence-corrected chi connectivity index (χ0v) is 10.8. The number of benzene rings is 1. The van der Waals surface area contributed by atoms with E-state index in [0.717, 1.165) is 18.6 Å². The summed E-state index contributed by atoms with van der Waals surface area (Å²) < 4.78 is 6.03. The van der Waals surface area contributed by atoms with Crippen LogP contribution in [0.4, 0.5) is 0 Å². The van der Waals surface area contributed by atoms with E-state index in [0.29, 0.717) is 12.6 Å². The molecule has 0 bridgehead atoms. The Labute approximate surface area is 98.8 Å². The number of nitrogens with two attached hydrogens (primary N) is 1. The highest BCUT2D eigenvalue weighted by Gasteiger charge is 2.10. The summed E-state index contributed by atoms with van der Waals surface area (Å²) in [5, 5.41) is 0. The molecule has 2 nitrogen and oxygen atoms in total. The average Bonchev–Trinajstić information content (AvgIpc) is 2.28. The number of hydrogen-bond acceptors (Lipinski definition) is 2. The van der Waals surface area contributed by atoms with Gasteiger partial charge in [-0.3, -0.25) is 0 Å². The van der Waals surface area contributed by atoms with Crippen LogP contribution in [0.15, 0.2) is 12.1 Å². The molecule has 0 spiro atoms. The Hall–Kier alpha value is -1.02. The molecule has 2 heteroatoms. The van der Waals surface area contributed by atoms with Crippen LogP contribution < -0.4 is 10.5 Å². The Balaban J connectivity index is 2.95. The summed E-state index contributed by atoms with van der Waals surface area (Å²) in [5.41, 5.74) is 9.20. The van der Waals surface area contributed by atoms with Crippen molar-refractivity contribution < 1.29 is 4.74 Å². The molecule has 0 aliphatic heterocycles. The van der Waals surface area contributed by atoms with Crippen LogP contribution in [0.2, 0.25) is 0 Å². The van der Waals surface area contributed by atoms with Gasteiger partial charge in [0.1, 0.15) is 5.75 Å². The fourth-order valence-electron chi connectivity index (χ4n) is 1.97. The summed E-state index contributed by atoms with van der Waals surface area (Å²) >= 11 is 0.